The summed E-state index contributed by atoms with van der Waals surface area (Å²) in [6, 6.07) is 16.2. The van der Waals surface area contributed by atoms with Crippen LogP contribution in [0.2, 0.25) is 5.02 Å². The Morgan fingerprint density at radius 2 is 1.92 bits per heavy atom. The van der Waals surface area contributed by atoms with Gasteiger partial charge in [-0.25, -0.2) is 0 Å². The van der Waals surface area contributed by atoms with Crippen molar-refractivity contribution >= 4 is 34.8 Å². The predicted molar refractivity (Wildman–Crippen MR) is 143 cm³/mol. The number of hydrogen-bond donors (Lipinski definition) is 0. The third-order valence-corrected chi connectivity index (χ3v) is 7.38. The minimum absolute atomic E-state index is 0.00580. The van der Waals surface area contributed by atoms with E-state index in [4.69, 9.17) is 21.1 Å². The lowest BCUT2D eigenvalue weighted by Gasteiger charge is -2.37. The van der Waals surface area contributed by atoms with Crippen molar-refractivity contribution in [1.82, 2.24) is 9.80 Å². The number of thiophene rings is 1. The number of para-hydroxylation sites is 2. The Balaban J connectivity index is 1.55. The lowest BCUT2D eigenvalue weighted by atomic mass is 10.00. The molecule has 36 heavy (non-hydrogen) atoms. The largest absolute Gasteiger partial charge is 0.493 e. The standard InChI is InChI=1S/C28H31ClN2O4S/c1-19(2)16-30(28(33)20-7-6-8-21(29)15-20)17-27(32)31-13-11-26-22(12-14-36-26)23(31)18-35-25-10-5-4-9-24(25)34-3/h4-10,12,14-15,19,23H,11,13,16-18H2,1-3H3/t23-/m1/s1. The molecule has 0 aliphatic carbocycles. The Morgan fingerprint density at radius 1 is 1.14 bits per heavy atom. The average molecular weight is 527 g/mol. The highest BCUT2D eigenvalue weighted by molar-refractivity contribution is 7.10. The van der Waals surface area contributed by atoms with Crippen LogP contribution in [0.1, 0.15) is 40.7 Å². The van der Waals surface area contributed by atoms with E-state index in [0.29, 0.717) is 41.8 Å². The number of methoxy groups -OCH3 is 1. The second-order valence-corrected chi connectivity index (χ2v) is 10.6. The zero-order valence-corrected chi connectivity index (χ0v) is 22.3. The first-order chi connectivity index (χ1) is 17.4. The number of carbonyl (C=O) groups excluding carboxylic acids is 2. The molecule has 2 aromatic carbocycles. The Hall–Kier alpha value is -3.03. The van der Waals surface area contributed by atoms with Crippen LogP contribution in [0.4, 0.5) is 0 Å². The summed E-state index contributed by atoms with van der Waals surface area (Å²) in [5, 5.41) is 2.55. The lowest BCUT2D eigenvalue weighted by Crippen LogP contribution is -2.48. The third-order valence-electron chi connectivity index (χ3n) is 6.15. The summed E-state index contributed by atoms with van der Waals surface area (Å²) in [5.41, 5.74) is 1.58. The third kappa shape index (κ3) is 6.02. The molecule has 190 valence electrons. The quantitative estimate of drug-likeness (QED) is 0.358. The Kier molecular flexibility index (Phi) is 8.54. The number of rotatable bonds is 9. The van der Waals surface area contributed by atoms with Crippen LogP contribution < -0.4 is 9.47 Å². The van der Waals surface area contributed by atoms with E-state index in [1.807, 2.05) is 43.0 Å². The van der Waals surface area contributed by atoms with Gasteiger partial charge in [0.15, 0.2) is 11.5 Å². The molecule has 0 spiro atoms. The lowest BCUT2D eigenvalue weighted by molar-refractivity contribution is -0.135. The summed E-state index contributed by atoms with van der Waals surface area (Å²) in [6.07, 6.45) is 0.788. The van der Waals surface area contributed by atoms with Gasteiger partial charge in [0.2, 0.25) is 5.91 Å². The van der Waals surface area contributed by atoms with Gasteiger partial charge in [-0.3, -0.25) is 9.59 Å². The van der Waals surface area contributed by atoms with Gasteiger partial charge in [0.1, 0.15) is 13.2 Å². The molecule has 0 unspecified atom stereocenters. The van der Waals surface area contributed by atoms with E-state index >= 15 is 0 Å². The monoisotopic (exact) mass is 526 g/mol. The molecule has 1 atom stereocenters. The number of benzene rings is 2. The molecule has 0 fully saturated rings. The van der Waals surface area contributed by atoms with E-state index in [9.17, 15) is 9.59 Å². The molecule has 1 aliphatic heterocycles. The summed E-state index contributed by atoms with van der Waals surface area (Å²) in [5.74, 6) is 1.18. The number of fused-ring (bicyclic) bond motifs is 1. The maximum absolute atomic E-state index is 13.7. The van der Waals surface area contributed by atoms with Gasteiger partial charge in [-0.15, -0.1) is 11.3 Å². The number of amides is 2. The summed E-state index contributed by atoms with van der Waals surface area (Å²) in [4.78, 5) is 31.8. The molecule has 0 saturated heterocycles. The van der Waals surface area contributed by atoms with Crippen LogP contribution >= 0.6 is 22.9 Å². The molecule has 8 heteroatoms. The van der Waals surface area contributed by atoms with E-state index in [1.165, 1.54) is 4.88 Å². The highest BCUT2D eigenvalue weighted by atomic mass is 35.5. The molecular formula is C28H31ClN2O4S. The minimum atomic E-state index is -0.250. The van der Waals surface area contributed by atoms with Crippen LogP contribution in [-0.4, -0.2) is 55.0 Å². The molecule has 6 nitrogen and oxygen atoms in total. The smallest absolute Gasteiger partial charge is 0.254 e. The van der Waals surface area contributed by atoms with Crippen LogP contribution in [0.25, 0.3) is 0 Å². The SMILES string of the molecule is COc1ccccc1OC[C@@H]1c2ccsc2CCN1C(=O)CN(CC(C)C)C(=O)c1cccc(Cl)c1. The first-order valence-corrected chi connectivity index (χ1v) is 13.3. The van der Waals surface area contributed by atoms with Crippen molar-refractivity contribution < 1.29 is 19.1 Å². The normalized spacial score (nSPS) is 14.9. The number of hydrogen-bond acceptors (Lipinski definition) is 5. The van der Waals surface area contributed by atoms with Crippen molar-refractivity contribution in [2.75, 3.05) is 33.4 Å². The first kappa shape index (κ1) is 26.0. The van der Waals surface area contributed by atoms with Crippen LogP contribution in [0.5, 0.6) is 11.5 Å². The second kappa shape index (κ2) is 11.8. The van der Waals surface area contributed by atoms with Crippen LogP contribution in [0, 0.1) is 5.92 Å². The Bertz CT molecular complexity index is 1210. The number of ether oxygens (including phenoxy) is 2. The first-order valence-electron chi connectivity index (χ1n) is 12.0. The predicted octanol–water partition coefficient (Wildman–Crippen LogP) is 5.71. The molecule has 0 N–H and O–H groups in total. The molecule has 0 radical (unpaired) electrons. The van der Waals surface area contributed by atoms with Crippen molar-refractivity contribution in [2.24, 2.45) is 5.92 Å². The summed E-state index contributed by atoms with van der Waals surface area (Å²) >= 11 is 7.82. The van der Waals surface area contributed by atoms with Gasteiger partial charge in [-0.2, -0.15) is 0 Å². The van der Waals surface area contributed by atoms with E-state index in [-0.39, 0.29) is 30.3 Å². The molecule has 0 bridgehead atoms. The molecule has 2 heterocycles. The van der Waals surface area contributed by atoms with E-state index in [2.05, 4.69) is 11.4 Å². The molecule has 0 saturated carbocycles. The zero-order chi connectivity index (χ0) is 25.7. The fraction of sp³-hybridized carbons (Fsp3) is 0.357. The molecule has 3 aromatic rings. The molecular weight excluding hydrogens is 496 g/mol. The average Bonchev–Trinajstić information content (AvgIpc) is 3.35. The molecule has 1 aromatic heterocycles. The summed E-state index contributed by atoms with van der Waals surface area (Å²) < 4.78 is 11.6. The maximum Gasteiger partial charge on any atom is 0.254 e. The fourth-order valence-electron chi connectivity index (χ4n) is 4.50. The molecule has 4 rings (SSSR count). The summed E-state index contributed by atoms with van der Waals surface area (Å²) in [6.45, 7) is 5.40. The van der Waals surface area contributed by atoms with Gasteiger partial charge in [0.25, 0.3) is 5.91 Å². The number of carbonyl (C=O) groups is 2. The zero-order valence-electron chi connectivity index (χ0n) is 20.8. The van der Waals surface area contributed by atoms with Crippen molar-refractivity contribution in [3.63, 3.8) is 0 Å². The molecule has 2 amide bonds. The maximum atomic E-state index is 13.7. The molecule has 1 aliphatic rings. The Morgan fingerprint density at radius 3 is 2.64 bits per heavy atom. The highest BCUT2D eigenvalue weighted by Gasteiger charge is 2.34. The van der Waals surface area contributed by atoms with Crippen molar-refractivity contribution in [3.05, 3.63) is 81.0 Å². The van der Waals surface area contributed by atoms with Crippen LogP contribution in [0.15, 0.2) is 60.0 Å². The van der Waals surface area contributed by atoms with Gasteiger partial charge >= 0.3 is 0 Å². The van der Waals surface area contributed by atoms with Gasteiger partial charge in [0.05, 0.1) is 13.2 Å². The Labute approximate surface area is 221 Å². The van der Waals surface area contributed by atoms with Crippen molar-refractivity contribution in [3.8, 4) is 11.5 Å². The van der Waals surface area contributed by atoms with Crippen LogP contribution in [-0.2, 0) is 11.2 Å². The number of nitrogens with zero attached hydrogens (tertiary/aromatic N) is 2. The van der Waals surface area contributed by atoms with E-state index < -0.39 is 0 Å². The van der Waals surface area contributed by atoms with Gasteiger partial charge in [-0.05, 0) is 59.7 Å². The second-order valence-electron chi connectivity index (χ2n) is 9.20. The van der Waals surface area contributed by atoms with E-state index in [0.717, 1.165) is 12.0 Å². The van der Waals surface area contributed by atoms with Crippen molar-refractivity contribution in [2.45, 2.75) is 26.3 Å². The van der Waals surface area contributed by atoms with Crippen LogP contribution in [0.3, 0.4) is 0 Å². The summed E-state index contributed by atoms with van der Waals surface area (Å²) in [7, 11) is 1.61. The fourth-order valence-corrected chi connectivity index (χ4v) is 5.62. The topological polar surface area (TPSA) is 59.1 Å². The van der Waals surface area contributed by atoms with Gasteiger partial charge < -0.3 is 19.3 Å². The number of halogens is 1. The van der Waals surface area contributed by atoms with Crippen molar-refractivity contribution in [1.29, 1.82) is 0 Å². The van der Waals surface area contributed by atoms with Gasteiger partial charge in [0, 0.05) is 28.6 Å². The highest BCUT2D eigenvalue weighted by Crippen LogP contribution is 2.35. The van der Waals surface area contributed by atoms with Gasteiger partial charge in [-0.1, -0.05) is 43.6 Å². The van der Waals surface area contributed by atoms with E-state index in [1.54, 1.807) is 47.6 Å². The minimum Gasteiger partial charge on any atom is -0.493 e.